The minimum atomic E-state index is -0.950. The van der Waals surface area contributed by atoms with E-state index < -0.39 is 30.1 Å². The summed E-state index contributed by atoms with van der Waals surface area (Å²) in [4.78, 5) is 33.9. The number of rotatable bonds is 8. The molecule has 2 N–H and O–H groups in total. The van der Waals surface area contributed by atoms with E-state index in [2.05, 4.69) is 9.47 Å². The highest BCUT2D eigenvalue weighted by molar-refractivity contribution is 8.13. The first-order valence-electron chi connectivity index (χ1n) is 6.94. The summed E-state index contributed by atoms with van der Waals surface area (Å²) in [6.07, 6.45) is 0.197. The van der Waals surface area contributed by atoms with Gasteiger partial charge in [-0.2, -0.15) is 0 Å². The van der Waals surface area contributed by atoms with E-state index in [0.29, 0.717) is 11.8 Å². The molecule has 0 aliphatic heterocycles. The molecule has 0 bridgehead atoms. The fourth-order valence-corrected chi connectivity index (χ4v) is 1.93. The van der Waals surface area contributed by atoms with Crippen molar-refractivity contribution in [1.82, 2.24) is 0 Å². The number of carbonyl (C=O) groups is 3. The molecule has 0 amide bonds. The normalized spacial score (nSPS) is 11.4. The zero-order chi connectivity index (χ0) is 17.1. The summed E-state index contributed by atoms with van der Waals surface area (Å²) < 4.78 is 14.3. The van der Waals surface area contributed by atoms with Crippen LogP contribution in [-0.2, 0) is 30.4 Å². The van der Waals surface area contributed by atoms with Crippen LogP contribution in [0.25, 0.3) is 0 Å². The quantitative estimate of drug-likeness (QED) is 0.564. The Balaban J connectivity index is 2.19. The average Bonchev–Trinajstić information content (AvgIpc) is 2.58. The molecule has 8 heteroatoms. The molecule has 0 unspecified atom stereocenters. The van der Waals surface area contributed by atoms with Gasteiger partial charge in [0.1, 0.15) is 12.6 Å². The monoisotopic (exact) mass is 341 g/mol. The number of ether oxygens (including phenoxy) is 3. The maximum Gasteiger partial charge on any atom is 0.370 e. The Hall–Kier alpha value is -2.06. The Morgan fingerprint density at radius 1 is 1.13 bits per heavy atom. The molecule has 0 saturated carbocycles. The highest BCUT2D eigenvalue weighted by atomic mass is 32.2. The van der Waals surface area contributed by atoms with Gasteiger partial charge >= 0.3 is 17.2 Å². The summed E-state index contributed by atoms with van der Waals surface area (Å²) in [6.45, 7) is 1.29. The second-order valence-corrected chi connectivity index (χ2v) is 5.35. The lowest BCUT2D eigenvalue weighted by Gasteiger charge is -2.11. The van der Waals surface area contributed by atoms with Gasteiger partial charge in [0.05, 0.1) is 0 Å². The summed E-state index contributed by atoms with van der Waals surface area (Å²) in [5.74, 6) is -1.07. The van der Waals surface area contributed by atoms with Gasteiger partial charge < -0.3 is 19.9 Å². The summed E-state index contributed by atoms with van der Waals surface area (Å²) in [7, 11) is 0. The Labute approximate surface area is 138 Å². The number of esters is 2. The number of hydrogen-bond donors (Lipinski definition) is 1. The molecular weight excluding hydrogens is 322 g/mol. The van der Waals surface area contributed by atoms with Crippen molar-refractivity contribution in [2.24, 2.45) is 5.73 Å². The van der Waals surface area contributed by atoms with Crippen molar-refractivity contribution >= 4 is 29.0 Å². The molecule has 0 radical (unpaired) electrons. The zero-order valence-electron chi connectivity index (χ0n) is 12.7. The number of hydrogen-bond acceptors (Lipinski definition) is 8. The maximum absolute atomic E-state index is 11.7. The third-order valence-electron chi connectivity index (χ3n) is 2.59. The maximum atomic E-state index is 11.7. The van der Waals surface area contributed by atoms with E-state index in [1.807, 2.05) is 30.3 Å². The zero-order valence-corrected chi connectivity index (χ0v) is 13.5. The van der Waals surface area contributed by atoms with Gasteiger partial charge in [0, 0.05) is 12.2 Å². The van der Waals surface area contributed by atoms with E-state index in [9.17, 15) is 14.4 Å². The van der Waals surface area contributed by atoms with Gasteiger partial charge in [0.2, 0.25) is 6.79 Å². The van der Waals surface area contributed by atoms with Crippen LogP contribution in [0.1, 0.15) is 18.9 Å². The van der Waals surface area contributed by atoms with Crippen LogP contribution >= 0.6 is 11.8 Å². The number of carbonyl (C=O) groups excluding carboxylic acids is 3. The lowest BCUT2D eigenvalue weighted by Crippen LogP contribution is -2.35. The summed E-state index contributed by atoms with van der Waals surface area (Å²) in [6, 6.07) is 8.22. The minimum absolute atomic E-state index is 0.00812. The van der Waals surface area contributed by atoms with E-state index in [1.165, 1.54) is 0 Å². The molecule has 1 atom stereocenters. The first kappa shape index (κ1) is 19.0. The standard InChI is InChI=1S/C15H19NO6S/c1-2-13(17)21-10-22-15(19)23-9-12(16)14(18)20-8-11-6-4-3-5-7-11/h3-7,12H,2,8-10,16H2,1H3/t12-/m0/s1. The van der Waals surface area contributed by atoms with Crippen LogP contribution in [0.15, 0.2) is 30.3 Å². The van der Waals surface area contributed by atoms with Gasteiger partial charge in [-0.15, -0.1) is 0 Å². The van der Waals surface area contributed by atoms with Crippen molar-refractivity contribution in [3.05, 3.63) is 35.9 Å². The summed E-state index contributed by atoms with van der Waals surface area (Å²) in [5.41, 5.74) is 6.48. The number of nitrogens with two attached hydrogens (primary N) is 1. The van der Waals surface area contributed by atoms with Crippen molar-refractivity contribution in [2.75, 3.05) is 12.5 Å². The molecule has 126 valence electrons. The predicted molar refractivity (Wildman–Crippen MR) is 84.4 cm³/mol. The molecule has 0 aromatic heterocycles. The molecule has 1 aromatic rings. The van der Waals surface area contributed by atoms with E-state index in [1.54, 1.807) is 6.92 Å². The van der Waals surface area contributed by atoms with Crippen molar-refractivity contribution in [2.45, 2.75) is 26.0 Å². The summed E-state index contributed by atoms with van der Waals surface area (Å²) in [5, 5.41) is -0.680. The molecular formula is C15H19NO6S. The summed E-state index contributed by atoms with van der Waals surface area (Å²) >= 11 is 0.716. The lowest BCUT2D eigenvalue weighted by atomic mass is 10.2. The Morgan fingerprint density at radius 2 is 1.83 bits per heavy atom. The van der Waals surface area contributed by atoms with Crippen LogP contribution < -0.4 is 5.73 Å². The molecule has 0 spiro atoms. The SMILES string of the molecule is CCC(=O)OCOC(=O)SC[C@H](N)C(=O)OCc1ccccc1. The largest absolute Gasteiger partial charge is 0.460 e. The second kappa shape index (κ2) is 10.6. The van der Waals surface area contributed by atoms with Gasteiger partial charge in [-0.05, 0) is 17.3 Å². The second-order valence-electron chi connectivity index (χ2n) is 4.39. The fourth-order valence-electron chi connectivity index (χ4n) is 1.35. The highest BCUT2D eigenvalue weighted by Gasteiger charge is 2.18. The molecule has 0 aliphatic carbocycles. The first-order chi connectivity index (χ1) is 11.0. The van der Waals surface area contributed by atoms with Crippen molar-refractivity contribution in [3.8, 4) is 0 Å². The van der Waals surface area contributed by atoms with Gasteiger partial charge in [-0.1, -0.05) is 37.3 Å². The van der Waals surface area contributed by atoms with E-state index >= 15 is 0 Å². The first-order valence-corrected chi connectivity index (χ1v) is 7.92. The van der Waals surface area contributed by atoms with Crippen LogP contribution in [0.3, 0.4) is 0 Å². The van der Waals surface area contributed by atoms with Gasteiger partial charge in [-0.3, -0.25) is 9.59 Å². The van der Waals surface area contributed by atoms with Gasteiger partial charge in [0.15, 0.2) is 0 Å². The van der Waals surface area contributed by atoms with Crippen molar-refractivity contribution in [1.29, 1.82) is 0 Å². The average molecular weight is 341 g/mol. The van der Waals surface area contributed by atoms with Crippen LogP contribution in [-0.4, -0.2) is 35.8 Å². The lowest BCUT2D eigenvalue weighted by molar-refractivity contribution is -0.151. The van der Waals surface area contributed by atoms with E-state index in [0.717, 1.165) is 5.56 Å². The van der Waals surface area contributed by atoms with Crippen LogP contribution in [0.4, 0.5) is 4.79 Å². The molecule has 1 rings (SSSR count). The van der Waals surface area contributed by atoms with Crippen LogP contribution in [0, 0.1) is 0 Å². The molecule has 23 heavy (non-hydrogen) atoms. The predicted octanol–water partition coefficient (Wildman–Crippen LogP) is 1.84. The third kappa shape index (κ3) is 8.22. The van der Waals surface area contributed by atoms with E-state index in [4.69, 9.17) is 10.5 Å². The van der Waals surface area contributed by atoms with Crippen LogP contribution in [0.2, 0.25) is 0 Å². The molecule has 1 aromatic carbocycles. The Morgan fingerprint density at radius 3 is 2.48 bits per heavy atom. The molecule has 7 nitrogen and oxygen atoms in total. The fraction of sp³-hybridized carbons (Fsp3) is 0.400. The minimum Gasteiger partial charge on any atom is -0.460 e. The van der Waals surface area contributed by atoms with Crippen molar-refractivity contribution in [3.63, 3.8) is 0 Å². The molecule has 0 fully saturated rings. The number of benzene rings is 1. The van der Waals surface area contributed by atoms with Crippen LogP contribution in [0.5, 0.6) is 0 Å². The Bertz CT molecular complexity index is 522. The van der Waals surface area contributed by atoms with Crippen molar-refractivity contribution < 1.29 is 28.6 Å². The topological polar surface area (TPSA) is 105 Å². The van der Waals surface area contributed by atoms with Gasteiger partial charge in [-0.25, -0.2) is 4.79 Å². The highest BCUT2D eigenvalue weighted by Crippen LogP contribution is 2.09. The number of thioether (sulfide) groups is 1. The molecule has 0 heterocycles. The molecule has 0 saturated heterocycles. The Kier molecular flexibility index (Phi) is 8.78. The molecule has 0 aliphatic rings. The van der Waals surface area contributed by atoms with Gasteiger partial charge in [0.25, 0.3) is 0 Å². The smallest absolute Gasteiger partial charge is 0.370 e. The third-order valence-corrected chi connectivity index (χ3v) is 3.47. The van der Waals surface area contributed by atoms with E-state index in [-0.39, 0.29) is 18.8 Å².